The zero-order valence-corrected chi connectivity index (χ0v) is 20.0. The lowest BCUT2D eigenvalue weighted by atomic mass is 9.86. The van der Waals surface area contributed by atoms with Crippen LogP contribution in [0.25, 0.3) is 10.9 Å². The van der Waals surface area contributed by atoms with E-state index in [0.29, 0.717) is 24.5 Å². The van der Waals surface area contributed by atoms with Crippen LogP contribution >= 0.6 is 0 Å². The van der Waals surface area contributed by atoms with Crippen LogP contribution in [0, 0.1) is 0 Å². The molecule has 2 fully saturated rings. The van der Waals surface area contributed by atoms with E-state index < -0.39 is 12.1 Å². The monoisotopic (exact) mass is 475 g/mol. The normalized spacial score (nSPS) is 24.0. The van der Waals surface area contributed by atoms with Gasteiger partial charge < -0.3 is 29.0 Å². The summed E-state index contributed by atoms with van der Waals surface area (Å²) in [4.78, 5) is 34.5. The van der Waals surface area contributed by atoms with Crippen molar-refractivity contribution in [1.82, 2.24) is 14.8 Å². The first-order valence-corrected chi connectivity index (χ1v) is 12.1. The first kappa shape index (κ1) is 22.0. The van der Waals surface area contributed by atoms with Gasteiger partial charge in [-0.2, -0.15) is 0 Å². The molecular formula is C27H29N3O5. The Morgan fingerprint density at radius 2 is 1.91 bits per heavy atom. The van der Waals surface area contributed by atoms with Crippen LogP contribution in [0.2, 0.25) is 0 Å². The average molecular weight is 476 g/mol. The molecule has 2 saturated heterocycles. The van der Waals surface area contributed by atoms with Gasteiger partial charge in [-0.05, 0) is 42.2 Å². The number of fused-ring (bicyclic) bond motifs is 4. The number of nitrogens with one attached hydrogen (secondary N) is 1. The van der Waals surface area contributed by atoms with E-state index in [2.05, 4.69) is 11.1 Å². The quantitative estimate of drug-likeness (QED) is 0.613. The molecule has 8 nitrogen and oxygen atoms in total. The molecule has 6 rings (SSSR count). The Labute approximate surface area is 203 Å². The van der Waals surface area contributed by atoms with E-state index in [1.807, 2.05) is 36.4 Å². The van der Waals surface area contributed by atoms with E-state index in [-0.39, 0.29) is 24.5 Å². The number of hydrogen-bond donors (Lipinski definition) is 1. The first-order chi connectivity index (χ1) is 17.1. The Bertz CT molecular complexity index is 1300. The lowest BCUT2D eigenvalue weighted by Crippen LogP contribution is -2.63. The van der Waals surface area contributed by atoms with Crippen LogP contribution in [0.4, 0.5) is 0 Å². The maximum absolute atomic E-state index is 13.8. The second-order valence-electron chi connectivity index (χ2n) is 9.45. The van der Waals surface area contributed by atoms with Crippen molar-refractivity contribution in [3.05, 3.63) is 59.3 Å². The molecule has 182 valence electrons. The number of methoxy groups -OCH3 is 2. The van der Waals surface area contributed by atoms with Gasteiger partial charge in [0.2, 0.25) is 11.8 Å². The number of para-hydroxylation sites is 1. The third kappa shape index (κ3) is 3.55. The molecule has 3 aromatic rings. The van der Waals surface area contributed by atoms with Crippen molar-refractivity contribution >= 4 is 22.7 Å². The molecular weight excluding hydrogens is 446 g/mol. The highest BCUT2D eigenvalue weighted by atomic mass is 16.5. The van der Waals surface area contributed by atoms with Crippen LogP contribution in [-0.4, -0.2) is 72.7 Å². The Morgan fingerprint density at radius 3 is 2.69 bits per heavy atom. The largest absolute Gasteiger partial charge is 0.493 e. The highest BCUT2D eigenvalue weighted by molar-refractivity contribution is 5.97. The fourth-order valence-corrected chi connectivity index (χ4v) is 5.88. The van der Waals surface area contributed by atoms with Crippen LogP contribution in [0.3, 0.4) is 0 Å². The van der Waals surface area contributed by atoms with Crippen LogP contribution in [-0.2, 0) is 20.7 Å². The summed E-state index contributed by atoms with van der Waals surface area (Å²) in [6.07, 6.45) is 2.41. The van der Waals surface area contributed by atoms with Crippen molar-refractivity contribution in [3.63, 3.8) is 0 Å². The molecule has 3 aliphatic heterocycles. The van der Waals surface area contributed by atoms with Gasteiger partial charge in [0.15, 0.2) is 11.5 Å². The standard InChI is InChI=1S/C27H29N3O5/c1-33-22-10-9-16(12-23(22)34-2)26-25-19(18-7-3-4-8-20(18)28-25)13-21-27(32)29(15-24(31)30(21)26)14-17-6-5-11-35-17/h3-4,7-10,12,17,21,26,28H,5-6,11,13-15H2,1-2H3/t17-,21-,26-/m0/s1. The summed E-state index contributed by atoms with van der Waals surface area (Å²) < 4.78 is 16.8. The van der Waals surface area contributed by atoms with E-state index in [9.17, 15) is 9.59 Å². The third-order valence-electron chi connectivity index (χ3n) is 7.51. The van der Waals surface area contributed by atoms with Crippen LogP contribution in [0.15, 0.2) is 42.5 Å². The molecule has 0 bridgehead atoms. The van der Waals surface area contributed by atoms with Crippen LogP contribution < -0.4 is 9.47 Å². The van der Waals surface area contributed by atoms with Crippen molar-refractivity contribution < 1.29 is 23.8 Å². The summed E-state index contributed by atoms with van der Waals surface area (Å²) >= 11 is 0. The maximum atomic E-state index is 13.8. The molecule has 2 aromatic carbocycles. The minimum atomic E-state index is -0.567. The van der Waals surface area contributed by atoms with Gasteiger partial charge in [0.05, 0.1) is 32.9 Å². The van der Waals surface area contributed by atoms with E-state index in [0.717, 1.165) is 47.2 Å². The van der Waals surface area contributed by atoms with Gasteiger partial charge in [0.1, 0.15) is 6.04 Å². The number of aromatic nitrogens is 1. The molecule has 3 atom stereocenters. The molecule has 0 saturated carbocycles. The number of carbonyl (C=O) groups is 2. The molecule has 0 spiro atoms. The fourth-order valence-electron chi connectivity index (χ4n) is 5.88. The molecule has 0 unspecified atom stereocenters. The van der Waals surface area contributed by atoms with E-state index in [4.69, 9.17) is 14.2 Å². The zero-order valence-electron chi connectivity index (χ0n) is 20.0. The van der Waals surface area contributed by atoms with Gasteiger partial charge in [-0.1, -0.05) is 24.3 Å². The highest BCUT2D eigenvalue weighted by Crippen LogP contribution is 2.44. The molecule has 8 heteroatoms. The number of nitrogens with zero attached hydrogens (tertiary/aromatic N) is 2. The summed E-state index contributed by atoms with van der Waals surface area (Å²) in [5, 5.41) is 1.09. The predicted molar refractivity (Wildman–Crippen MR) is 130 cm³/mol. The van der Waals surface area contributed by atoms with Crippen molar-refractivity contribution in [1.29, 1.82) is 0 Å². The molecule has 1 N–H and O–H groups in total. The summed E-state index contributed by atoms with van der Waals surface area (Å²) in [5.74, 6) is 1.13. The van der Waals surface area contributed by atoms with Gasteiger partial charge in [-0.3, -0.25) is 9.59 Å². The number of piperazine rings is 1. The van der Waals surface area contributed by atoms with Crippen molar-refractivity contribution in [2.75, 3.05) is 33.9 Å². The summed E-state index contributed by atoms with van der Waals surface area (Å²) in [5.41, 5.74) is 3.90. The second-order valence-corrected chi connectivity index (χ2v) is 9.45. The van der Waals surface area contributed by atoms with Gasteiger partial charge in [-0.15, -0.1) is 0 Å². The number of H-pyrrole nitrogens is 1. The zero-order chi connectivity index (χ0) is 24.1. The Kier molecular flexibility index (Phi) is 5.40. The number of ether oxygens (including phenoxy) is 3. The number of aromatic amines is 1. The van der Waals surface area contributed by atoms with Crippen molar-refractivity contribution in [2.45, 2.75) is 37.5 Å². The number of rotatable bonds is 5. The molecule has 2 amide bonds. The van der Waals surface area contributed by atoms with Crippen molar-refractivity contribution in [3.8, 4) is 11.5 Å². The number of benzene rings is 2. The molecule has 0 aliphatic carbocycles. The average Bonchev–Trinajstić information content (AvgIpc) is 3.53. The van der Waals surface area contributed by atoms with Gasteiger partial charge in [-0.25, -0.2) is 0 Å². The number of carbonyl (C=O) groups excluding carboxylic acids is 2. The van der Waals surface area contributed by atoms with Gasteiger partial charge in [0.25, 0.3) is 0 Å². The molecule has 35 heavy (non-hydrogen) atoms. The van der Waals surface area contributed by atoms with Gasteiger partial charge in [0, 0.05) is 36.2 Å². The smallest absolute Gasteiger partial charge is 0.246 e. The van der Waals surface area contributed by atoms with Crippen LogP contribution in [0.5, 0.6) is 11.5 Å². The molecule has 1 aromatic heterocycles. The summed E-state index contributed by atoms with van der Waals surface area (Å²) in [7, 11) is 3.19. The van der Waals surface area contributed by atoms with E-state index in [1.54, 1.807) is 24.0 Å². The maximum Gasteiger partial charge on any atom is 0.246 e. The molecule has 3 aliphatic rings. The molecule has 0 radical (unpaired) electrons. The van der Waals surface area contributed by atoms with Crippen LogP contribution in [0.1, 0.15) is 35.7 Å². The lowest BCUT2D eigenvalue weighted by Gasteiger charge is -2.47. The summed E-state index contributed by atoms with van der Waals surface area (Å²) in [6.45, 7) is 1.25. The fraction of sp³-hybridized carbons (Fsp3) is 0.407. The second kappa shape index (κ2) is 8.61. The Balaban J connectivity index is 1.46. The lowest BCUT2D eigenvalue weighted by molar-refractivity contribution is -0.159. The Morgan fingerprint density at radius 1 is 1.09 bits per heavy atom. The first-order valence-electron chi connectivity index (χ1n) is 12.1. The van der Waals surface area contributed by atoms with E-state index >= 15 is 0 Å². The SMILES string of the molecule is COc1ccc([C@H]2c3[nH]c4ccccc4c3C[C@H]3C(=O)N(C[C@@H]4CCCO4)CC(=O)N23)cc1OC. The van der Waals surface area contributed by atoms with E-state index in [1.165, 1.54) is 0 Å². The Hall–Kier alpha value is -3.52. The minimum Gasteiger partial charge on any atom is -0.493 e. The number of hydrogen-bond acceptors (Lipinski definition) is 5. The predicted octanol–water partition coefficient (Wildman–Crippen LogP) is 3.05. The third-order valence-corrected chi connectivity index (χ3v) is 7.51. The minimum absolute atomic E-state index is 0.00665. The number of amides is 2. The highest BCUT2D eigenvalue weighted by Gasteiger charge is 2.48. The molecule has 4 heterocycles. The summed E-state index contributed by atoms with van der Waals surface area (Å²) in [6, 6.07) is 12.8. The van der Waals surface area contributed by atoms with Gasteiger partial charge >= 0.3 is 0 Å². The topological polar surface area (TPSA) is 84.1 Å². The van der Waals surface area contributed by atoms with Crippen molar-refractivity contribution in [2.24, 2.45) is 0 Å².